The lowest BCUT2D eigenvalue weighted by atomic mass is 10.0. The Hall–Kier alpha value is -1.07. The van der Waals surface area contributed by atoms with Gasteiger partial charge in [-0.1, -0.05) is 13.0 Å². The normalized spacial score (nSPS) is 12.5. The topological polar surface area (TPSA) is 55.4 Å². The molecule has 0 aliphatic heterocycles. The highest BCUT2D eigenvalue weighted by Crippen LogP contribution is 2.19. The van der Waals surface area contributed by atoms with Crippen LogP contribution in [0.25, 0.3) is 0 Å². The Morgan fingerprint density at radius 3 is 2.53 bits per heavy atom. The van der Waals surface area contributed by atoms with Gasteiger partial charge in [0.25, 0.3) is 0 Å². The molecule has 0 aliphatic carbocycles. The minimum Gasteiger partial charge on any atom is -0.497 e. The average molecular weight is 257 g/mol. The molecule has 0 aliphatic rings. The lowest BCUT2D eigenvalue weighted by molar-refractivity contribution is 0.412. The van der Waals surface area contributed by atoms with Crippen molar-refractivity contribution in [2.45, 2.75) is 37.6 Å². The fourth-order valence-corrected chi connectivity index (χ4v) is 2.78. The maximum absolute atomic E-state index is 12.1. The zero-order valence-electron chi connectivity index (χ0n) is 10.6. The number of rotatable bonds is 5. The maximum Gasteiger partial charge on any atom is 0.241 e. The molecule has 1 N–H and O–H groups in total. The molecular formula is C12H19NO3S. The molecule has 17 heavy (non-hydrogen) atoms. The third kappa shape index (κ3) is 3.71. The summed E-state index contributed by atoms with van der Waals surface area (Å²) in [6.07, 6.45) is 0.718. The third-order valence-corrected chi connectivity index (χ3v) is 4.34. The summed E-state index contributed by atoms with van der Waals surface area (Å²) < 4.78 is 31.9. The van der Waals surface area contributed by atoms with Crippen molar-refractivity contribution in [1.82, 2.24) is 4.72 Å². The molecule has 0 spiro atoms. The quantitative estimate of drug-likeness (QED) is 0.879. The highest BCUT2D eigenvalue weighted by atomic mass is 32.2. The molecule has 1 aromatic rings. The Balaban J connectivity index is 3.05. The van der Waals surface area contributed by atoms with Crippen molar-refractivity contribution in [3.63, 3.8) is 0 Å². The van der Waals surface area contributed by atoms with Gasteiger partial charge in [-0.25, -0.2) is 13.1 Å². The van der Waals surface area contributed by atoms with Crippen molar-refractivity contribution in [3.8, 4) is 5.75 Å². The van der Waals surface area contributed by atoms with Crippen LogP contribution in [0.4, 0.5) is 0 Å². The molecule has 0 radical (unpaired) electrons. The Bertz CT molecular complexity index is 480. The number of sulfonamides is 1. The molecule has 0 amide bonds. The summed E-state index contributed by atoms with van der Waals surface area (Å²) in [6.45, 7) is 5.64. The number of nitrogens with one attached hydrogen (secondary N) is 1. The van der Waals surface area contributed by atoms with Crippen LogP contribution >= 0.6 is 0 Å². The Morgan fingerprint density at radius 1 is 1.35 bits per heavy atom. The van der Waals surface area contributed by atoms with Crippen molar-refractivity contribution in [2.75, 3.05) is 7.11 Å². The lowest BCUT2D eigenvalue weighted by Gasteiger charge is -2.24. The van der Waals surface area contributed by atoms with Gasteiger partial charge >= 0.3 is 0 Å². The SMILES string of the molecule is CCC(C)(C)NS(=O)(=O)c1cccc(OC)c1. The van der Waals surface area contributed by atoms with E-state index in [-0.39, 0.29) is 4.90 Å². The Morgan fingerprint density at radius 2 is 2.00 bits per heavy atom. The van der Waals surface area contributed by atoms with E-state index in [4.69, 9.17) is 4.74 Å². The molecule has 96 valence electrons. The van der Waals surface area contributed by atoms with E-state index in [1.165, 1.54) is 13.2 Å². The third-order valence-electron chi connectivity index (χ3n) is 2.65. The fraction of sp³-hybridized carbons (Fsp3) is 0.500. The second kappa shape index (κ2) is 5.06. The Kier molecular flexibility index (Phi) is 4.16. The van der Waals surface area contributed by atoms with Gasteiger partial charge in [-0.15, -0.1) is 0 Å². The van der Waals surface area contributed by atoms with Gasteiger partial charge < -0.3 is 4.74 Å². The van der Waals surface area contributed by atoms with Crippen LogP contribution in [0.5, 0.6) is 5.75 Å². The second-order valence-electron chi connectivity index (χ2n) is 4.52. The summed E-state index contributed by atoms with van der Waals surface area (Å²) in [5.41, 5.74) is -0.456. The summed E-state index contributed by atoms with van der Waals surface area (Å²) in [5.74, 6) is 0.530. The van der Waals surface area contributed by atoms with Crippen LogP contribution in [0.1, 0.15) is 27.2 Å². The van der Waals surface area contributed by atoms with Crippen molar-refractivity contribution in [3.05, 3.63) is 24.3 Å². The van der Waals surface area contributed by atoms with Gasteiger partial charge in [-0.2, -0.15) is 0 Å². The second-order valence-corrected chi connectivity index (χ2v) is 6.20. The first kappa shape index (κ1) is 14.0. The fourth-order valence-electron chi connectivity index (χ4n) is 1.26. The van der Waals surface area contributed by atoms with E-state index in [1.807, 2.05) is 20.8 Å². The van der Waals surface area contributed by atoms with Crippen LogP contribution < -0.4 is 9.46 Å². The molecule has 0 aromatic heterocycles. The summed E-state index contributed by atoms with van der Waals surface area (Å²) >= 11 is 0. The van der Waals surface area contributed by atoms with Gasteiger partial charge in [0.15, 0.2) is 0 Å². The first-order chi connectivity index (χ1) is 7.80. The van der Waals surface area contributed by atoms with Gasteiger partial charge in [0.2, 0.25) is 10.0 Å². The molecule has 0 heterocycles. The van der Waals surface area contributed by atoms with Crippen molar-refractivity contribution in [2.24, 2.45) is 0 Å². The zero-order valence-corrected chi connectivity index (χ0v) is 11.5. The number of hydrogen-bond donors (Lipinski definition) is 1. The number of ether oxygens (including phenoxy) is 1. The first-order valence-corrected chi connectivity index (χ1v) is 6.97. The van der Waals surface area contributed by atoms with E-state index in [0.717, 1.165) is 6.42 Å². The van der Waals surface area contributed by atoms with Crippen LogP contribution in [-0.2, 0) is 10.0 Å². The molecule has 1 rings (SSSR count). The molecule has 0 saturated heterocycles. The van der Waals surface area contributed by atoms with E-state index in [0.29, 0.717) is 5.75 Å². The molecule has 1 aromatic carbocycles. The molecule has 0 bridgehead atoms. The van der Waals surface area contributed by atoms with E-state index in [2.05, 4.69) is 4.72 Å². The van der Waals surface area contributed by atoms with Gasteiger partial charge in [0, 0.05) is 11.6 Å². The smallest absolute Gasteiger partial charge is 0.241 e. The minimum atomic E-state index is -3.49. The highest BCUT2D eigenvalue weighted by molar-refractivity contribution is 7.89. The van der Waals surface area contributed by atoms with E-state index >= 15 is 0 Å². The maximum atomic E-state index is 12.1. The molecule has 0 unspecified atom stereocenters. The standard InChI is InChI=1S/C12H19NO3S/c1-5-12(2,3)13-17(14,15)11-8-6-7-10(9-11)16-4/h6-9,13H,5H2,1-4H3. The van der Waals surface area contributed by atoms with Crippen LogP contribution in [0.15, 0.2) is 29.2 Å². The molecule has 5 heteroatoms. The first-order valence-electron chi connectivity index (χ1n) is 5.49. The predicted molar refractivity (Wildman–Crippen MR) is 67.7 cm³/mol. The minimum absolute atomic E-state index is 0.221. The zero-order chi connectivity index (χ0) is 13.1. The monoisotopic (exact) mass is 257 g/mol. The summed E-state index contributed by atoms with van der Waals surface area (Å²) in [7, 11) is -1.98. The predicted octanol–water partition coefficient (Wildman–Crippen LogP) is 2.16. The van der Waals surface area contributed by atoms with Crippen LogP contribution in [0.2, 0.25) is 0 Å². The highest BCUT2D eigenvalue weighted by Gasteiger charge is 2.24. The van der Waals surface area contributed by atoms with Crippen LogP contribution in [0.3, 0.4) is 0 Å². The van der Waals surface area contributed by atoms with Gasteiger partial charge in [-0.05, 0) is 32.4 Å². The lowest BCUT2D eigenvalue weighted by Crippen LogP contribution is -2.42. The molecule has 0 fully saturated rings. The van der Waals surface area contributed by atoms with Gasteiger partial charge in [0.1, 0.15) is 5.75 Å². The van der Waals surface area contributed by atoms with Gasteiger partial charge in [-0.3, -0.25) is 0 Å². The van der Waals surface area contributed by atoms with Crippen LogP contribution in [0, 0.1) is 0 Å². The summed E-state index contributed by atoms with van der Waals surface area (Å²) in [6, 6.07) is 6.43. The van der Waals surface area contributed by atoms with E-state index < -0.39 is 15.6 Å². The van der Waals surface area contributed by atoms with Crippen LogP contribution in [-0.4, -0.2) is 21.1 Å². The van der Waals surface area contributed by atoms with Crippen molar-refractivity contribution >= 4 is 10.0 Å². The molecule has 0 saturated carbocycles. The number of methoxy groups -OCH3 is 1. The van der Waals surface area contributed by atoms with Gasteiger partial charge in [0.05, 0.1) is 12.0 Å². The molecule has 4 nitrogen and oxygen atoms in total. The largest absolute Gasteiger partial charge is 0.497 e. The van der Waals surface area contributed by atoms with Crippen molar-refractivity contribution in [1.29, 1.82) is 0 Å². The van der Waals surface area contributed by atoms with Crippen molar-refractivity contribution < 1.29 is 13.2 Å². The Labute approximate surface area is 103 Å². The molecule has 0 atom stereocenters. The number of hydrogen-bond acceptors (Lipinski definition) is 3. The average Bonchev–Trinajstić information content (AvgIpc) is 2.28. The van der Waals surface area contributed by atoms with E-state index in [9.17, 15) is 8.42 Å². The number of benzene rings is 1. The summed E-state index contributed by atoms with van der Waals surface area (Å²) in [4.78, 5) is 0.221. The summed E-state index contributed by atoms with van der Waals surface area (Å²) in [5, 5.41) is 0. The van der Waals surface area contributed by atoms with E-state index in [1.54, 1.807) is 18.2 Å². The molecular weight excluding hydrogens is 238 g/mol.